The molecule has 0 saturated carbocycles. The number of rotatable bonds is 3. The van der Waals surface area contributed by atoms with Gasteiger partial charge in [-0.15, -0.1) is 0 Å². The minimum atomic E-state index is 0.767. The molecule has 1 rings (SSSR count). The lowest BCUT2D eigenvalue weighted by Gasteiger charge is -2.10. The largest absolute Gasteiger partial charge is 0.496 e. The topological polar surface area (TPSA) is 18.5 Å². The molecule has 0 unspecified atom stereocenters. The monoisotopic (exact) mass is 356 g/mol. The summed E-state index contributed by atoms with van der Waals surface area (Å²) in [6.07, 6.45) is 0. The first-order valence-electron chi connectivity index (χ1n) is 3.69. The van der Waals surface area contributed by atoms with Crippen molar-refractivity contribution in [3.63, 3.8) is 0 Å². The first-order chi connectivity index (χ1) is 6.22. The van der Waals surface area contributed by atoms with Crippen LogP contribution in [0.25, 0.3) is 0 Å². The number of alkyl halides is 1. The minimum absolute atomic E-state index is 0.767. The molecule has 0 aromatic heterocycles. The van der Waals surface area contributed by atoms with E-state index >= 15 is 0 Å². The van der Waals surface area contributed by atoms with Crippen molar-refractivity contribution < 1.29 is 9.47 Å². The lowest BCUT2D eigenvalue weighted by atomic mass is 10.2. The fourth-order valence-corrected chi connectivity index (χ4v) is 2.13. The van der Waals surface area contributed by atoms with Crippen LogP contribution in [-0.4, -0.2) is 14.2 Å². The highest BCUT2D eigenvalue weighted by Crippen LogP contribution is 2.30. The zero-order chi connectivity index (χ0) is 9.84. The summed E-state index contributed by atoms with van der Waals surface area (Å²) in [6, 6.07) is 3.95. The standard InChI is InChI=1S/C9H10BrIO2/c1-12-8-4-7(11)9(13-2)3-6(8)5-10/h3-4H,5H2,1-2H3. The molecule has 0 aliphatic carbocycles. The smallest absolute Gasteiger partial charge is 0.132 e. The van der Waals surface area contributed by atoms with Gasteiger partial charge in [0.05, 0.1) is 17.8 Å². The van der Waals surface area contributed by atoms with Crippen molar-refractivity contribution in [2.45, 2.75) is 5.33 Å². The van der Waals surface area contributed by atoms with Gasteiger partial charge in [0, 0.05) is 10.9 Å². The van der Waals surface area contributed by atoms with Gasteiger partial charge in [0.2, 0.25) is 0 Å². The molecule has 0 atom stereocenters. The normalized spacial score (nSPS) is 9.85. The molecule has 0 aliphatic rings. The van der Waals surface area contributed by atoms with Gasteiger partial charge >= 0.3 is 0 Å². The molecule has 4 heteroatoms. The van der Waals surface area contributed by atoms with Crippen LogP contribution >= 0.6 is 38.5 Å². The van der Waals surface area contributed by atoms with Crippen LogP contribution in [0.1, 0.15) is 5.56 Å². The van der Waals surface area contributed by atoms with Crippen LogP contribution in [0.2, 0.25) is 0 Å². The summed E-state index contributed by atoms with van der Waals surface area (Å²) in [5.74, 6) is 1.78. The average Bonchev–Trinajstić information content (AvgIpc) is 2.17. The van der Waals surface area contributed by atoms with Crippen LogP contribution in [-0.2, 0) is 5.33 Å². The van der Waals surface area contributed by atoms with Gasteiger partial charge in [0.1, 0.15) is 11.5 Å². The van der Waals surface area contributed by atoms with E-state index < -0.39 is 0 Å². The number of methoxy groups -OCH3 is 2. The van der Waals surface area contributed by atoms with Crippen LogP contribution in [0.5, 0.6) is 11.5 Å². The van der Waals surface area contributed by atoms with E-state index in [0.717, 1.165) is 26.0 Å². The molecular weight excluding hydrogens is 347 g/mol. The molecule has 0 spiro atoms. The average molecular weight is 357 g/mol. The number of ether oxygens (including phenoxy) is 2. The first kappa shape index (κ1) is 11.1. The zero-order valence-electron chi connectivity index (χ0n) is 7.43. The molecule has 1 aromatic carbocycles. The maximum atomic E-state index is 5.23. The Hall–Kier alpha value is 0.0300. The Bertz CT molecular complexity index is 302. The van der Waals surface area contributed by atoms with Crippen LogP contribution in [0.15, 0.2) is 12.1 Å². The van der Waals surface area contributed by atoms with E-state index in [1.54, 1.807) is 14.2 Å². The van der Waals surface area contributed by atoms with Crippen molar-refractivity contribution in [2.75, 3.05) is 14.2 Å². The number of benzene rings is 1. The maximum absolute atomic E-state index is 5.23. The molecule has 13 heavy (non-hydrogen) atoms. The third-order valence-corrected chi connectivity index (χ3v) is 3.15. The van der Waals surface area contributed by atoms with E-state index in [1.807, 2.05) is 12.1 Å². The summed E-state index contributed by atoms with van der Waals surface area (Å²) < 4.78 is 11.5. The second-order valence-corrected chi connectivity index (χ2v) is 4.16. The maximum Gasteiger partial charge on any atom is 0.132 e. The van der Waals surface area contributed by atoms with Crippen molar-refractivity contribution in [3.05, 3.63) is 21.3 Å². The minimum Gasteiger partial charge on any atom is -0.496 e. The van der Waals surface area contributed by atoms with Crippen molar-refractivity contribution in [3.8, 4) is 11.5 Å². The lowest BCUT2D eigenvalue weighted by molar-refractivity contribution is 0.398. The highest BCUT2D eigenvalue weighted by molar-refractivity contribution is 14.1. The van der Waals surface area contributed by atoms with Crippen LogP contribution < -0.4 is 9.47 Å². The van der Waals surface area contributed by atoms with Crippen molar-refractivity contribution >= 4 is 38.5 Å². The fraction of sp³-hybridized carbons (Fsp3) is 0.333. The fourth-order valence-electron chi connectivity index (χ4n) is 1.03. The van der Waals surface area contributed by atoms with Crippen molar-refractivity contribution in [1.82, 2.24) is 0 Å². The molecule has 0 fully saturated rings. The van der Waals surface area contributed by atoms with Crippen LogP contribution in [0.4, 0.5) is 0 Å². The predicted molar refractivity (Wildman–Crippen MR) is 64.9 cm³/mol. The quantitative estimate of drug-likeness (QED) is 0.611. The molecule has 2 nitrogen and oxygen atoms in total. The number of hydrogen-bond donors (Lipinski definition) is 0. The molecule has 0 saturated heterocycles. The zero-order valence-corrected chi connectivity index (χ0v) is 11.2. The molecule has 1 aromatic rings. The van der Waals surface area contributed by atoms with E-state index in [4.69, 9.17) is 9.47 Å². The molecule has 0 heterocycles. The Morgan fingerprint density at radius 2 is 1.85 bits per heavy atom. The summed E-state index contributed by atoms with van der Waals surface area (Å²) in [4.78, 5) is 0. The first-order valence-corrected chi connectivity index (χ1v) is 5.89. The number of hydrogen-bond acceptors (Lipinski definition) is 2. The SMILES string of the molecule is COc1cc(CBr)c(OC)cc1I. The van der Waals surface area contributed by atoms with Crippen molar-refractivity contribution in [2.24, 2.45) is 0 Å². The molecule has 0 amide bonds. The Labute approximate surface area is 99.9 Å². The lowest BCUT2D eigenvalue weighted by Crippen LogP contribution is -1.94. The summed E-state index contributed by atoms with van der Waals surface area (Å²) >= 11 is 5.62. The third kappa shape index (κ3) is 2.49. The Kier molecular flexibility index (Phi) is 4.31. The summed E-state index contributed by atoms with van der Waals surface area (Å²) in [7, 11) is 3.34. The van der Waals surface area contributed by atoms with E-state index in [1.165, 1.54) is 0 Å². The molecule has 0 N–H and O–H groups in total. The second kappa shape index (κ2) is 5.05. The molecular formula is C9H10BrIO2. The Morgan fingerprint density at radius 3 is 2.31 bits per heavy atom. The van der Waals surface area contributed by atoms with Crippen LogP contribution in [0.3, 0.4) is 0 Å². The van der Waals surface area contributed by atoms with E-state index in [0.29, 0.717) is 0 Å². The van der Waals surface area contributed by atoms with E-state index in [2.05, 4.69) is 38.5 Å². The summed E-state index contributed by atoms with van der Waals surface area (Å²) in [5.41, 5.74) is 1.10. The van der Waals surface area contributed by atoms with Gasteiger partial charge in [-0.3, -0.25) is 0 Å². The van der Waals surface area contributed by atoms with Gasteiger partial charge in [0.25, 0.3) is 0 Å². The molecule has 0 radical (unpaired) electrons. The van der Waals surface area contributed by atoms with Gasteiger partial charge in [-0.1, -0.05) is 15.9 Å². The second-order valence-electron chi connectivity index (χ2n) is 2.43. The van der Waals surface area contributed by atoms with E-state index in [-0.39, 0.29) is 0 Å². The summed E-state index contributed by atoms with van der Waals surface area (Å²) in [6.45, 7) is 0. The predicted octanol–water partition coefficient (Wildman–Crippen LogP) is 3.20. The Balaban J connectivity index is 3.18. The molecule has 0 bridgehead atoms. The van der Waals surface area contributed by atoms with Gasteiger partial charge in [-0.05, 0) is 34.7 Å². The molecule has 0 aliphatic heterocycles. The van der Waals surface area contributed by atoms with Gasteiger partial charge in [0.15, 0.2) is 0 Å². The van der Waals surface area contributed by atoms with Gasteiger partial charge in [-0.25, -0.2) is 0 Å². The van der Waals surface area contributed by atoms with Crippen molar-refractivity contribution in [1.29, 1.82) is 0 Å². The highest BCUT2D eigenvalue weighted by Gasteiger charge is 2.07. The molecule has 72 valence electrons. The Morgan fingerprint density at radius 1 is 1.23 bits per heavy atom. The van der Waals surface area contributed by atoms with Gasteiger partial charge < -0.3 is 9.47 Å². The van der Waals surface area contributed by atoms with E-state index in [9.17, 15) is 0 Å². The summed E-state index contributed by atoms with van der Waals surface area (Å²) in [5, 5.41) is 0.767. The number of halogens is 2. The highest BCUT2D eigenvalue weighted by atomic mass is 127. The van der Waals surface area contributed by atoms with Crippen LogP contribution in [0, 0.1) is 3.57 Å². The third-order valence-electron chi connectivity index (χ3n) is 1.70. The van der Waals surface area contributed by atoms with Gasteiger partial charge in [-0.2, -0.15) is 0 Å².